The Bertz CT molecular complexity index is 1160. The number of urea groups is 1. The molecule has 32 heavy (non-hydrogen) atoms. The second kappa shape index (κ2) is 7.74. The van der Waals surface area contributed by atoms with Crippen molar-refractivity contribution < 1.29 is 23.6 Å². The van der Waals surface area contributed by atoms with Gasteiger partial charge in [0, 0.05) is 37.3 Å². The minimum absolute atomic E-state index is 0.195. The van der Waals surface area contributed by atoms with Gasteiger partial charge in [-0.25, -0.2) is 9.18 Å². The molecule has 9 heteroatoms. The fourth-order valence-corrected chi connectivity index (χ4v) is 4.59. The van der Waals surface area contributed by atoms with Gasteiger partial charge in [-0.1, -0.05) is 12.1 Å². The predicted molar refractivity (Wildman–Crippen MR) is 112 cm³/mol. The Morgan fingerprint density at radius 2 is 1.91 bits per heavy atom. The van der Waals surface area contributed by atoms with E-state index < -0.39 is 11.9 Å². The number of benzene rings is 2. The molecule has 0 aromatic heterocycles. The predicted octanol–water partition coefficient (Wildman–Crippen LogP) is 2.18. The second-order valence-electron chi connectivity index (χ2n) is 8.25. The van der Waals surface area contributed by atoms with Crippen LogP contribution >= 0.6 is 0 Å². The van der Waals surface area contributed by atoms with Crippen LogP contribution in [-0.4, -0.2) is 46.1 Å². The molecule has 0 bridgehead atoms. The van der Waals surface area contributed by atoms with Gasteiger partial charge in [-0.2, -0.15) is 0 Å². The Kier molecular flexibility index (Phi) is 4.88. The molecule has 1 saturated heterocycles. The molecule has 164 valence electrons. The van der Waals surface area contributed by atoms with Gasteiger partial charge in [-0.05, 0) is 53.8 Å². The van der Waals surface area contributed by atoms with Crippen LogP contribution in [0.2, 0.25) is 0 Å². The molecule has 2 aromatic carbocycles. The first-order valence-corrected chi connectivity index (χ1v) is 10.5. The van der Waals surface area contributed by atoms with Gasteiger partial charge in [0.1, 0.15) is 11.9 Å². The van der Waals surface area contributed by atoms with Crippen molar-refractivity contribution >= 4 is 29.4 Å². The van der Waals surface area contributed by atoms with Gasteiger partial charge in [0.15, 0.2) is 0 Å². The summed E-state index contributed by atoms with van der Waals surface area (Å²) in [6.07, 6.45) is 0.945. The zero-order chi connectivity index (χ0) is 22.4. The molecule has 3 aliphatic rings. The van der Waals surface area contributed by atoms with Crippen LogP contribution in [0.15, 0.2) is 36.4 Å². The number of halogens is 1. The molecule has 1 unspecified atom stereocenters. The number of fused-ring (bicyclic) bond motifs is 2. The number of hydrogen-bond donors (Lipinski definition) is 2. The van der Waals surface area contributed by atoms with E-state index in [1.54, 1.807) is 29.2 Å². The van der Waals surface area contributed by atoms with Crippen LogP contribution in [0, 0.1) is 5.82 Å². The molecule has 2 aromatic rings. The monoisotopic (exact) mass is 436 g/mol. The minimum Gasteiger partial charge on any atom is -0.322 e. The Morgan fingerprint density at radius 1 is 1.06 bits per heavy atom. The summed E-state index contributed by atoms with van der Waals surface area (Å²) in [6, 6.07) is 8.93. The summed E-state index contributed by atoms with van der Waals surface area (Å²) in [7, 11) is 0. The number of anilines is 1. The van der Waals surface area contributed by atoms with Crippen LogP contribution in [0.5, 0.6) is 0 Å². The summed E-state index contributed by atoms with van der Waals surface area (Å²) in [5.74, 6) is -1.30. The van der Waals surface area contributed by atoms with Crippen LogP contribution < -0.4 is 10.6 Å². The number of rotatable bonds is 2. The van der Waals surface area contributed by atoms with Gasteiger partial charge in [0.05, 0.1) is 0 Å². The first kappa shape index (κ1) is 20.2. The van der Waals surface area contributed by atoms with E-state index in [4.69, 9.17) is 0 Å². The van der Waals surface area contributed by atoms with Gasteiger partial charge in [0.25, 0.3) is 5.91 Å². The lowest BCUT2D eigenvalue weighted by Gasteiger charge is -2.29. The van der Waals surface area contributed by atoms with Gasteiger partial charge >= 0.3 is 6.03 Å². The molecule has 3 heterocycles. The normalized spacial score (nSPS) is 20.0. The molecule has 0 spiro atoms. The largest absolute Gasteiger partial charge is 0.322 e. The topological polar surface area (TPSA) is 98.8 Å². The average molecular weight is 436 g/mol. The van der Waals surface area contributed by atoms with E-state index in [2.05, 4.69) is 10.6 Å². The van der Waals surface area contributed by atoms with Crippen molar-refractivity contribution in [1.82, 2.24) is 15.1 Å². The molecular weight excluding hydrogens is 415 g/mol. The third kappa shape index (κ3) is 3.49. The zero-order valence-electron chi connectivity index (χ0n) is 17.2. The molecule has 0 aliphatic carbocycles. The summed E-state index contributed by atoms with van der Waals surface area (Å²) >= 11 is 0. The maximum atomic E-state index is 13.9. The van der Waals surface area contributed by atoms with Crippen molar-refractivity contribution in [1.29, 1.82) is 0 Å². The number of hydrogen-bond acceptors (Lipinski definition) is 4. The SMILES string of the molecule is O=C1CCC(N2Cc3cc(NC(=O)N4CCc5c(F)cccc5C4)ccc3C2=O)C(=O)N1. The molecule has 1 atom stereocenters. The van der Waals surface area contributed by atoms with E-state index in [-0.39, 0.29) is 36.6 Å². The highest BCUT2D eigenvalue weighted by Gasteiger charge is 2.39. The van der Waals surface area contributed by atoms with E-state index in [9.17, 15) is 23.6 Å². The molecule has 0 saturated carbocycles. The van der Waals surface area contributed by atoms with Gasteiger partial charge < -0.3 is 15.1 Å². The molecule has 2 N–H and O–H groups in total. The molecule has 8 nitrogen and oxygen atoms in total. The highest BCUT2D eigenvalue weighted by Crippen LogP contribution is 2.30. The minimum atomic E-state index is -0.681. The lowest BCUT2D eigenvalue weighted by Crippen LogP contribution is -2.52. The molecule has 1 fully saturated rings. The number of carbonyl (C=O) groups is 4. The number of amides is 5. The van der Waals surface area contributed by atoms with E-state index >= 15 is 0 Å². The number of nitrogens with zero attached hydrogens (tertiary/aromatic N) is 2. The van der Waals surface area contributed by atoms with E-state index in [0.717, 1.165) is 5.56 Å². The second-order valence-corrected chi connectivity index (χ2v) is 8.25. The molecule has 5 rings (SSSR count). The quantitative estimate of drug-likeness (QED) is 0.705. The van der Waals surface area contributed by atoms with Gasteiger partial charge in [0.2, 0.25) is 11.8 Å². The van der Waals surface area contributed by atoms with Crippen molar-refractivity contribution in [2.45, 2.75) is 38.4 Å². The maximum absolute atomic E-state index is 13.9. The van der Waals surface area contributed by atoms with E-state index in [1.807, 2.05) is 6.07 Å². The van der Waals surface area contributed by atoms with Crippen molar-refractivity contribution in [3.63, 3.8) is 0 Å². The molecule has 5 amide bonds. The first-order valence-electron chi connectivity index (χ1n) is 10.5. The fourth-order valence-electron chi connectivity index (χ4n) is 4.59. The molecule has 3 aliphatic heterocycles. The Morgan fingerprint density at radius 3 is 2.72 bits per heavy atom. The van der Waals surface area contributed by atoms with E-state index in [1.165, 1.54) is 11.0 Å². The van der Waals surface area contributed by atoms with Crippen molar-refractivity contribution in [2.24, 2.45) is 0 Å². The molecular formula is C23H21FN4O4. The highest BCUT2D eigenvalue weighted by molar-refractivity contribution is 6.05. The summed E-state index contributed by atoms with van der Waals surface area (Å²) in [4.78, 5) is 52.2. The summed E-state index contributed by atoms with van der Waals surface area (Å²) in [5, 5.41) is 5.13. The zero-order valence-corrected chi connectivity index (χ0v) is 17.2. The van der Waals surface area contributed by atoms with Crippen LogP contribution in [0.3, 0.4) is 0 Å². The standard InChI is InChI=1S/C23H21FN4O4/c24-18-3-1-2-13-11-27(9-8-16(13)18)23(32)25-15-4-5-17-14(10-15)12-28(22(17)31)19-6-7-20(29)26-21(19)30/h1-5,10,19H,6-9,11-12H2,(H,25,32)(H,26,29,30). The van der Waals surface area contributed by atoms with Crippen LogP contribution in [0.4, 0.5) is 14.9 Å². The lowest BCUT2D eigenvalue weighted by molar-refractivity contribution is -0.136. The van der Waals surface area contributed by atoms with Crippen LogP contribution in [0.25, 0.3) is 0 Å². The maximum Gasteiger partial charge on any atom is 0.322 e. The lowest BCUT2D eigenvalue weighted by atomic mass is 9.99. The smallest absolute Gasteiger partial charge is 0.322 e. The van der Waals surface area contributed by atoms with Crippen molar-refractivity contribution in [3.8, 4) is 0 Å². The van der Waals surface area contributed by atoms with Gasteiger partial charge in [-0.3, -0.25) is 19.7 Å². The van der Waals surface area contributed by atoms with Crippen molar-refractivity contribution in [3.05, 3.63) is 64.5 Å². The number of imide groups is 1. The third-order valence-corrected chi connectivity index (χ3v) is 6.27. The fraction of sp³-hybridized carbons (Fsp3) is 0.304. The highest BCUT2D eigenvalue weighted by atomic mass is 19.1. The summed E-state index contributed by atoms with van der Waals surface area (Å²) in [5.41, 5.74) is 3.18. The van der Waals surface area contributed by atoms with Crippen LogP contribution in [0.1, 0.15) is 39.9 Å². The Labute approximate surface area is 183 Å². The van der Waals surface area contributed by atoms with Crippen LogP contribution in [-0.2, 0) is 29.1 Å². The Balaban J connectivity index is 1.28. The number of nitrogens with one attached hydrogen (secondary N) is 2. The Hall–Kier alpha value is -3.75. The van der Waals surface area contributed by atoms with Gasteiger partial charge in [-0.15, -0.1) is 0 Å². The summed E-state index contributed by atoms with van der Waals surface area (Å²) < 4.78 is 13.9. The molecule has 0 radical (unpaired) electrons. The van der Waals surface area contributed by atoms with Crippen molar-refractivity contribution in [2.75, 3.05) is 11.9 Å². The summed E-state index contributed by atoms with van der Waals surface area (Å²) in [6.45, 7) is 0.971. The average Bonchev–Trinajstić information content (AvgIpc) is 3.09. The third-order valence-electron chi connectivity index (χ3n) is 6.27. The number of piperidine rings is 1. The van der Waals surface area contributed by atoms with E-state index in [0.29, 0.717) is 48.3 Å². The number of carbonyl (C=O) groups excluding carboxylic acids is 4. The first-order chi connectivity index (χ1) is 15.4.